The van der Waals surface area contributed by atoms with E-state index in [9.17, 15) is 19.5 Å². The van der Waals surface area contributed by atoms with Crippen LogP contribution in [0.4, 0.5) is 0 Å². The Bertz CT molecular complexity index is 794. The van der Waals surface area contributed by atoms with Gasteiger partial charge >= 0.3 is 11.9 Å². The second kappa shape index (κ2) is 10.9. The average molecular weight is 621 g/mol. The standard InChI is InChI=1S/C21H20I2O6/c1-12(22)20(26)28-16-7-3-14(4-8-16)18(11-19(24)25)15-5-9-17(10-6-15)29-21(27)13(2)23/h3-10,12-13,18H,11H2,1-2H3,(H,24,25)/p-1. The summed E-state index contributed by atoms with van der Waals surface area (Å²) in [6, 6.07) is 13.4. The lowest BCUT2D eigenvalue weighted by molar-refractivity contribution is -0.306. The molecule has 0 aromatic heterocycles. The Kier molecular flexibility index (Phi) is 8.87. The fourth-order valence-corrected chi connectivity index (χ4v) is 2.78. The van der Waals surface area contributed by atoms with E-state index in [4.69, 9.17) is 9.47 Å². The van der Waals surface area contributed by atoms with Gasteiger partial charge in [0, 0.05) is 11.9 Å². The van der Waals surface area contributed by atoms with Crippen molar-refractivity contribution in [1.29, 1.82) is 0 Å². The number of carbonyl (C=O) groups is 3. The third-order valence-corrected chi connectivity index (χ3v) is 5.04. The Morgan fingerprint density at radius 3 is 1.41 bits per heavy atom. The molecule has 2 rings (SSSR count). The lowest BCUT2D eigenvalue weighted by Crippen LogP contribution is -2.25. The van der Waals surface area contributed by atoms with Crippen LogP contribution in [0.25, 0.3) is 0 Å². The van der Waals surface area contributed by atoms with Gasteiger partial charge in [-0.25, -0.2) is 0 Å². The fourth-order valence-electron chi connectivity index (χ4n) is 2.53. The summed E-state index contributed by atoms with van der Waals surface area (Å²) in [6.45, 7) is 3.46. The van der Waals surface area contributed by atoms with Crippen molar-refractivity contribution in [2.24, 2.45) is 0 Å². The summed E-state index contributed by atoms with van der Waals surface area (Å²) in [6.07, 6.45) is -0.214. The molecule has 0 radical (unpaired) electrons. The monoisotopic (exact) mass is 621 g/mol. The molecule has 154 valence electrons. The third kappa shape index (κ3) is 7.25. The summed E-state index contributed by atoms with van der Waals surface area (Å²) >= 11 is 3.94. The Morgan fingerprint density at radius 2 is 1.14 bits per heavy atom. The van der Waals surface area contributed by atoms with Crippen molar-refractivity contribution in [3.63, 3.8) is 0 Å². The van der Waals surface area contributed by atoms with Gasteiger partial charge in [0.05, 0.1) is 0 Å². The van der Waals surface area contributed by atoms with Crippen LogP contribution in [0.2, 0.25) is 0 Å². The molecule has 29 heavy (non-hydrogen) atoms. The van der Waals surface area contributed by atoms with Crippen LogP contribution in [0.15, 0.2) is 48.5 Å². The number of aliphatic carboxylic acids is 1. The first kappa shape index (κ1) is 23.6. The smallest absolute Gasteiger partial charge is 0.323 e. The van der Waals surface area contributed by atoms with Crippen molar-refractivity contribution in [3.05, 3.63) is 59.7 Å². The molecule has 0 heterocycles. The van der Waals surface area contributed by atoms with E-state index in [1.165, 1.54) is 0 Å². The minimum atomic E-state index is -1.18. The Hall–Kier alpha value is -1.69. The molecule has 2 aromatic rings. The highest BCUT2D eigenvalue weighted by molar-refractivity contribution is 14.1. The normalized spacial score (nSPS) is 13.8. The first-order valence-electron chi connectivity index (χ1n) is 8.78. The molecule has 2 aromatic carbocycles. The summed E-state index contributed by atoms with van der Waals surface area (Å²) < 4.78 is 9.94. The van der Waals surface area contributed by atoms with Crippen LogP contribution in [0.5, 0.6) is 11.5 Å². The molecule has 6 nitrogen and oxygen atoms in total. The van der Waals surface area contributed by atoms with Gasteiger partial charge in [-0.3, -0.25) is 9.59 Å². The van der Waals surface area contributed by atoms with Crippen molar-refractivity contribution in [1.82, 2.24) is 0 Å². The summed E-state index contributed by atoms with van der Waals surface area (Å²) in [4.78, 5) is 34.7. The maximum Gasteiger partial charge on any atom is 0.323 e. The highest BCUT2D eigenvalue weighted by Gasteiger charge is 2.17. The fraction of sp³-hybridized carbons (Fsp3) is 0.286. The predicted octanol–water partition coefficient (Wildman–Crippen LogP) is 3.42. The van der Waals surface area contributed by atoms with E-state index in [0.29, 0.717) is 11.5 Å². The molecular formula is C21H19I2O6-. The van der Waals surface area contributed by atoms with Crippen molar-refractivity contribution in [3.8, 4) is 11.5 Å². The topological polar surface area (TPSA) is 92.7 Å². The highest BCUT2D eigenvalue weighted by Crippen LogP contribution is 2.30. The van der Waals surface area contributed by atoms with E-state index in [-0.39, 0.29) is 26.2 Å². The molecule has 0 saturated heterocycles. The zero-order valence-electron chi connectivity index (χ0n) is 15.8. The molecule has 0 spiro atoms. The van der Waals surface area contributed by atoms with Crippen LogP contribution >= 0.6 is 45.2 Å². The van der Waals surface area contributed by atoms with Crippen LogP contribution in [0, 0.1) is 0 Å². The summed E-state index contributed by atoms with van der Waals surface area (Å²) in [5, 5.41) is 11.3. The number of rotatable bonds is 8. The number of halogens is 2. The molecule has 8 heteroatoms. The quantitative estimate of drug-likeness (QED) is 0.194. The van der Waals surface area contributed by atoms with Crippen LogP contribution in [-0.4, -0.2) is 25.8 Å². The number of carbonyl (C=O) groups excluding carboxylic acids is 3. The first-order chi connectivity index (χ1) is 13.7. The number of hydrogen-bond acceptors (Lipinski definition) is 6. The Morgan fingerprint density at radius 1 is 0.793 bits per heavy atom. The Labute approximate surface area is 196 Å². The average Bonchev–Trinajstić information content (AvgIpc) is 2.67. The van der Waals surface area contributed by atoms with Gasteiger partial charge in [-0.1, -0.05) is 69.4 Å². The van der Waals surface area contributed by atoms with E-state index >= 15 is 0 Å². The molecule has 0 fully saturated rings. The van der Waals surface area contributed by atoms with Crippen LogP contribution in [0.3, 0.4) is 0 Å². The number of ether oxygens (including phenoxy) is 2. The van der Waals surface area contributed by atoms with Crippen molar-refractivity contribution < 1.29 is 29.0 Å². The van der Waals surface area contributed by atoms with E-state index < -0.39 is 11.9 Å². The number of esters is 2. The molecule has 0 amide bonds. The van der Waals surface area contributed by atoms with E-state index in [1.54, 1.807) is 62.4 Å². The van der Waals surface area contributed by atoms with Crippen molar-refractivity contribution in [2.45, 2.75) is 34.0 Å². The van der Waals surface area contributed by atoms with Crippen LogP contribution < -0.4 is 14.6 Å². The number of carboxylic acids is 1. The van der Waals surface area contributed by atoms with E-state index in [1.807, 2.05) is 45.2 Å². The number of alkyl halides is 2. The van der Waals surface area contributed by atoms with Gasteiger partial charge < -0.3 is 19.4 Å². The SMILES string of the molecule is CC(I)C(=O)Oc1ccc(C(CC(=O)[O-])c2ccc(OC(=O)C(C)I)cc2)cc1. The minimum Gasteiger partial charge on any atom is -0.550 e. The van der Waals surface area contributed by atoms with Gasteiger partial charge in [-0.15, -0.1) is 0 Å². The van der Waals surface area contributed by atoms with Gasteiger partial charge in [0.1, 0.15) is 19.3 Å². The zero-order valence-corrected chi connectivity index (χ0v) is 20.1. The summed E-state index contributed by atoms with van der Waals surface area (Å²) in [5.41, 5.74) is 1.48. The highest BCUT2D eigenvalue weighted by atomic mass is 127. The predicted molar refractivity (Wildman–Crippen MR) is 123 cm³/mol. The van der Waals surface area contributed by atoms with Crippen LogP contribution in [-0.2, 0) is 14.4 Å². The van der Waals surface area contributed by atoms with Gasteiger partial charge in [0.15, 0.2) is 0 Å². The number of hydrogen-bond donors (Lipinski definition) is 0. The summed E-state index contributed by atoms with van der Waals surface area (Å²) in [7, 11) is 0. The molecule has 0 aliphatic carbocycles. The van der Waals surface area contributed by atoms with Crippen LogP contribution in [0.1, 0.15) is 37.3 Å². The van der Waals surface area contributed by atoms with Gasteiger partial charge in [0.25, 0.3) is 0 Å². The molecule has 2 atom stereocenters. The van der Waals surface area contributed by atoms with E-state index in [0.717, 1.165) is 11.1 Å². The molecule has 0 N–H and O–H groups in total. The van der Waals surface area contributed by atoms with Gasteiger partial charge in [-0.2, -0.15) is 0 Å². The van der Waals surface area contributed by atoms with E-state index in [2.05, 4.69) is 0 Å². The second-order valence-electron chi connectivity index (χ2n) is 6.34. The number of benzene rings is 2. The Balaban J connectivity index is 2.22. The van der Waals surface area contributed by atoms with Crippen molar-refractivity contribution >= 4 is 63.1 Å². The lowest BCUT2D eigenvalue weighted by atomic mass is 9.88. The maximum atomic E-state index is 11.7. The number of carboxylic acid groups (broad SMARTS) is 1. The largest absolute Gasteiger partial charge is 0.550 e. The maximum absolute atomic E-state index is 11.7. The molecule has 0 aliphatic heterocycles. The van der Waals surface area contributed by atoms with Crippen molar-refractivity contribution in [2.75, 3.05) is 0 Å². The molecule has 0 saturated carbocycles. The molecule has 2 unspecified atom stereocenters. The third-order valence-electron chi connectivity index (χ3n) is 4.02. The molecular weight excluding hydrogens is 602 g/mol. The van der Waals surface area contributed by atoms with Gasteiger partial charge in [-0.05, 0) is 55.7 Å². The zero-order chi connectivity index (χ0) is 21.6. The lowest BCUT2D eigenvalue weighted by Gasteiger charge is -2.19. The van der Waals surface area contributed by atoms with Gasteiger partial charge in [0.2, 0.25) is 0 Å². The minimum absolute atomic E-state index is 0.214. The first-order valence-corrected chi connectivity index (χ1v) is 11.3. The second-order valence-corrected chi connectivity index (χ2v) is 10.1. The summed E-state index contributed by atoms with van der Waals surface area (Å²) in [5.74, 6) is -1.56. The molecule has 0 aliphatic rings. The molecule has 0 bridgehead atoms.